The van der Waals surface area contributed by atoms with E-state index in [1.165, 1.54) is 0 Å². The molecule has 0 saturated carbocycles. The summed E-state index contributed by atoms with van der Waals surface area (Å²) in [7, 11) is 0. The zero-order valence-electron chi connectivity index (χ0n) is 15.9. The molecule has 2 aliphatic rings. The molecule has 0 amide bonds. The van der Waals surface area contributed by atoms with E-state index in [1.54, 1.807) is 0 Å². The highest BCUT2D eigenvalue weighted by molar-refractivity contribution is 5.79. The van der Waals surface area contributed by atoms with Gasteiger partial charge in [0.25, 0.3) is 0 Å². The molecule has 7 heteroatoms. The van der Waals surface area contributed by atoms with E-state index in [0.29, 0.717) is 12.6 Å². The van der Waals surface area contributed by atoms with Crippen LogP contribution < -0.4 is 15.5 Å². The molecule has 2 unspecified atom stereocenters. The van der Waals surface area contributed by atoms with Crippen molar-refractivity contribution in [1.82, 2.24) is 15.6 Å². The van der Waals surface area contributed by atoms with Crippen LogP contribution in [-0.4, -0.2) is 62.5 Å². The van der Waals surface area contributed by atoms with Crippen molar-refractivity contribution in [3.05, 3.63) is 23.9 Å². The topological polar surface area (TPSA) is 71.0 Å². The fraction of sp³-hybridized carbons (Fsp3) is 0.684. The number of nitrogens with one attached hydrogen (secondary N) is 2. The highest BCUT2D eigenvalue weighted by Crippen LogP contribution is 2.17. The molecule has 3 heterocycles. The summed E-state index contributed by atoms with van der Waals surface area (Å²) in [5.41, 5.74) is 1.16. The van der Waals surface area contributed by atoms with Gasteiger partial charge >= 0.3 is 0 Å². The van der Waals surface area contributed by atoms with Crippen molar-refractivity contribution < 1.29 is 9.47 Å². The van der Waals surface area contributed by atoms with E-state index in [4.69, 9.17) is 14.5 Å². The number of aliphatic imine (C=N–C) groups is 1. The summed E-state index contributed by atoms with van der Waals surface area (Å²) in [6.45, 7) is 9.83. The minimum absolute atomic E-state index is 0.245. The third-order valence-corrected chi connectivity index (χ3v) is 4.66. The lowest BCUT2D eigenvalue weighted by Crippen LogP contribution is -2.41. The average Bonchev–Trinajstić information content (AvgIpc) is 3.18. The summed E-state index contributed by atoms with van der Waals surface area (Å²) in [6.07, 6.45) is 4.69. The van der Waals surface area contributed by atoms with Gasteiger partial charge in [0.05, 0.1) is 25.4 Å². The van der Waals surface area contributed by atoms with Gasteiger partial charge in [0.2, 0.25) is 0 Å². The van der Waals surface area contributed by atoms with Crippen LogP contribution in [0.25, 0.3) is 0 Å². The van der Waals surface area contributed by atoms with Crippen molar-refractivity contribution >= 4 is 11.8 Å². The fourth-order valence-corrected chi connectivity index (χ4v) is 3.29. The van der Waals surface area contributed by atoms with Crippen molar-refractivity contribution in [3.8, 4) is 0 Å². The first kappa shape index (κ1) is 18.9. The molecular weight excluding hydrogens is 330 g/mol. The monoisotopic (exact) mass is 361 g/mol. The highest BCUT2D eigenvalue weighted by Gasteiger charge is 2.18. The van der Waals surface area contributed by atoms with Gasteiger partial charge in [0.15, 0.2) is 5.96 Å². The van der Waals surface area contributed by atoms with E-state index in [1.807, 2.05) is 12.3 Å². The number of pyridine rings is 1. The van der Waals surface area contributed by atoms with Crippen LogP contribution in [0.3, 0.4) is 0 Å². The highest BCUT2D eigenvalue weighted by atomic mass is 16.5. The Kier molecular flexibility index (Phi) is 7.08. The first-order valence-corrected chi connectivity index (χ1v) is 9.70. The molecule has 2 aliphatic heterocycles. The van der Waals surface area contributed by atoms with Crippen molar-refractivity contribution in [2.75, 3.05) is 44.3 Å². The van der Waals surface area contributed by atoms with Crippen LogP contribution in [0.5, 0.6) is 0 Å². The van der Waals surface area contributed by atoms with E-state index in [0.717, 1.165) is 69.6 Å². The molecule has 2 saturated heterocycles. The van der Waals surface area contributed by atoms with Crippen LogP contribution in [-0.2, 0) is 16.0 Å². The second-order valence-electron chi connectivity index (χ2n) is 6.86. The summed E-state index contributed by atoms with van der Waals surface area (Å²) < 4.78 is 11.3. The van der Waals surface area contributed by atoms with Crippen LogP contribution in [0, 0.1) is 0 Å². The van der Waals surface area contributed by atoms with Crippen molar-refractivity contribution in [2.24, 2.45) is 4.99 Å². The van der Waals surface area contributed by atoms with E-state index in [-0.39, 0.29) is 6.10 Å². The second kappa shape index (κ2) is 9.73. The number of anilines is 1. The van der Waals surface area contributed by atoms with Gasteiger partial charge < -0.3 is 25.0 Å². The predicted octanol–water partition coefficient (Wildman–Crippen LogP) is 1.54. The maximum atomic E-state index is 5.67. The number of ether oxygens (including phenoxy) is 2. The van der Waals surface area contributed by atoms with Gasteiger partial charge in [-0.1, -0.05) is 0 Å². The standard InChI is InChI=1S/C19H31N5O2/c1-3-20-19(23-13-17-5-4-9-26-17)22-12-16-6-7-21-18(11-16)24-8-10-25-15(2)14-24/h6-7,11,15,17H,3-5,8-10,12-14H2,1-2H3,(H2,20,22,23). The van der Waals surface area contributed by atoms with E-state index < -0.39 is 0 Å². The number of rotatable bonds is 6. The molecule has 1 aromatic rings. The van der Waals surface area contributed by atoms with Gasteiger partial charge in [-0.15, -0.1) is 0 Å². The Morgan fingerprint density at radius 2 is 2.27 bits per heavy atom. The summed E-state index contributed by atoms with van der Waals surface area (Å²) >= 11 is 0. The van der Waals surface area contributed by atoms with Crippen molar-refractivity contribution in [3.63, 3.8) is 0 Å². The molecule has 0 spiro atoms. The molecule has 0 aromatic carbocycles. The van der Waals surface area contributed by atoms with Crippen LogP contribution in [0.15, 0.2) is 23.3 Å². The number of nitrogens with zero attached hydrogens (tertiary/aromatic N) is 3. The smallest absolute Gasteiger partial charge is 0.191 e. The van der Waals surface area contributed by atoms with Crippen molar-refractivity contribution in [1.29, 1.82) is 0 Å². The van der Waals surface area contributed by atoms with Gasteiger partial charge in [0, 0.05) is 39.0 Å². The maximum absolute atomic E-state index is 5.67. The molecule has 26 heavy (non-hydrogen) atoms. The molecule has 2 N–H and O–H groups in total. The number of hydrogen-bond donors (Lipinski definition) is 2. The molecule has 7 nitrogen and oxygen atoms in total. The Balaban J connectivity index is 1.58. The first-order valence-electron chi connectivity index (χ1n) is 9.70. The van der Waals surface area contributed by atoms with Crippen LogP contribution in [0.1, 0.15) is 32.3 Å². The zero-order valence-corrected chi connectivity index (χ0v) is 15.9. The lowest BCUT2D eigenvalue weighted by molar-refractivity contribution is 0.0529. The fourth-order valence-electron chi connectivity index (χ4n) is 3.29. The number of aromatic nitrogens is 1. The zero-order chi connectivity index (χ0) is 18.2. The van der Waals surface area contributed by atoms with E-state index >= 15 is 0 Å². The lowest BCUT2D eigenvalue weighted by Gasteiger charge is -2.32. The Labute approximate surface area is 156 Å². The van der Waals surface area contributed by atoms with Gasteiger partial charge in [-0.05, 0) is 44.4 Å². The van der Waals surface area contributed by atoms with Gasteiger partial charge in [-0.2, -0.15) is 0 Å². The normalized spacial score (nSPS) is 23.9. The van der Waals surface area contributed by atoms with Crippen LogP contribution in [0.2, 0.25) is 0 Å². The second-order valence-corrected chi connectivity index (χ2v) is 6.86. The molecule has 144 valence electrons. The summed E-state index contributed by atoms with van der Waals surface area (Å²) in [4.78, 5) is 11.5. The van der Waals surface area contributed by atoms with Gasteiger partial charge in [-0.3, -0.25) is 0 Å². The SMILES string of the molecule is CCNC(=NCc1ccnc(N2CCOC(C)C2)c1)NCC1CCCO1. The Hall–Kier alpha value is -1.86. The lowest BCUT2D eigenvalue weighted by atomic mass is 10.2. The molecular formula is C19H31N5O2. The van der Waals surface area contributed by atoms with Gasteiger partial charge in [0.1, 0.15) is 5.82 Å². The maximum Gasteiger partial charge on any atom is 0.191 e. The third-order valence-electron chi connectivity index (χ3n) is 4.66. The summed E-state index contributed by atoms with van der Waals surface area (Å²) in [5.74, 6) is 1.84. The van der Waals surface area contributed by atoms with Crippen molar-refractivity contribution in [2.45, 2.75) is 45.4 Å². The molecule has 2 atom stereocenters. The van der Waals surface area contributed by atoms with E-state index in [9.17, 15) is 0 Å². The Morgan fingerprint density at radius 1 is 1.35 bits per heavy atom. The predicted molar refractivity (Wildman–Crippen MR) is 104 cm³/mol. The third kappa shape index (κ3) is 5.57. The molecule has 3 rings (SSSR count). The minimum atomic E-state index is 0.245. The molecule has 0 aliphatic carbocycles. The van der Waals surface area contributed by atoms with Crippen LogP contribution >= 0.6 is 0 Å². The van der Waals surface area contributed by atoms with E-state index in [2.05, 4.69) is 40.4 Å². The average molecular weight is 361 g/mol. The quantitative estimate of drug-likeness (QED) is 0.592. The number of guanidine groups is 1. The summed E-state index contributed by atoms with van der Waals surface area (Å²) in [5, 5.41) is 6.69. The minimum Gasteiger partial charge on any atom is -0.376 e. The Morgan fingerprint density at radius 3 is 3.04 bits per heavy atom. The summed E-state index contributed by atoms with van der Waals surface area (Å²) in [6, 6.07) is 4.16. The van der Waals surface area contributed by atoms with Crippen LogP contribution in [0.4, 0.5) is 5.82 Å². The molecule has 2 fully saturated rings. The number of hydrogen-bond acceptors (Lipinski definition) is 5. The molecule has 0 bridgehead atoms. The van der Waals surface area contributed by atoms with Gasteiger partial charge in [-0.25, -0.2) is 9.98 Å². The number of morpholine rings is 1. The Bertz CT molecular complexity index is 589. The first-order chi connectivity index (χ1) is 12.7. The molecule has 0 radical (unpaired) electrons. The largest absolute Gasteiger partial charge is 0.376 e. The molecule has 1 aromatic heterocycles.